The topological polar surface area (TPSA) is 59.3 Å². The summed E-state index contributed by atoms with van der Waals surface area (Å²) in [5.74, 6) is -0.0972. The third-order valence-electron chi connectivity index (χ3n) is 3.05. The van der Waals surface area contributed by atoms with Gasteiger partial charge in [0.25, 0.3) is 0 Å². The molecule has 0 bridgehead atoms. The number of carbonyl (C=O) groups excluding carboxylic acids is 1. The van der Waals surface area contributed by atoms with E-state index in [0.717, 1.165) is 5.65 Å². The van der Waals surface area contributed by atoms with E-state index in [-0.39, 0.29) is 11.2 Å². The molecule has 5 nitrogen and oxygen atoms in total. The van der Waals surface area contributed by atoms with Crippen LogP contribution in [0.1, 0.15) is 6.92 Å². The summed E-state index contributed by atoms with van der Waals surface area (Å²) in [6.45, 7) is 1.83. The lowest BCUT2D eigenvalue weighted by molar-refractivity contribution is -0.115. The van der Waals surface area contributed by atoms with Gasteiger partial charge in [0.2, 0.25) is 5.91 Å². The number of aromatic nitrogens is 3. The highest BCUT2D eigenvalue weighted by molar-refractivity contribution is 8.00. The number of anilines is 1. The fourth-order valence-electron chi connectivity index (χ4n) is 1.89. The largest absolute Gasteiger partial charge is 0.325 e. The van der Waals surface area contributed by atoms with E-state index in [1.807, 2.05) is 35.7 Å². The van der Waals surface area contributed by atoms with Gasteiger partial charge in [0.15, 0.2) is 10.8 Å². The fourth-order valence-corrected chi connectivity index (χ4v) is 2.85. The Kier molecular flexibility index (Phi) is 4.31. The van der Waals surface area contributed by atoms with E-state index >= 15 is 0 Å². The van der Waals surface area contributed by atoms with Gasteiger partial charge in [0.05, 0.1) is 5.25 Å². The first-order chi connectivity index (χ1) is 10.6. The van der Waals surface area contributed by atoms with Crippen molar-refractivity contribution in [2.75, 3.05) is 5.32 Å². The Hall–Kier alpha value is -2.05. The molecule has 0 radical (unpaired) electrons. The molecule has 0 aliphatic carbocycles. The Morgan fingerprint density at radius 3 is 2.77 bits per heavy atom. The number of hydrogen-bond acceptors (Lipinski definition) is 4. The number of amides is 1. The van der Waals surface area contributed by atoms with Crippen molar-refractivity contribution in [2.45, 2.75) is 17.3 Å². The number of pyridine rings is 1. The lowest BCUT2D eigenvalue weighted by Gasteiger charge is -2.11. The van der Waals surface area contributed by atoms with Gasteiger partial charge in [-0.25, -0.2) is 0 Å². The van der Waals surface area contributed by atoms with Crippen molar-refractivity contribution in [3.8, 4) is 0 Å². The Morgan fingerprint density at radius 1 is 1.23 bits per heavy atom. The molecule has 2 heterocycles. The first kappa shape index (κ1) is 14.9. The standard InChI is InChI=1S/C15H13ClN4OS/c1-10(14(21)17-12-7-5-11(16)6-8-12)22-15-19-18-13-4-2-3-9-20(13)15/h2-10H,1H3,(H,17,21). The summed E-state index contributed by atoms with van der Waals surface area (Å²) in [7, 11) is 0. The molecule has 0 fully saturated rings. The lowest BCUT2D eigenvalue weighted by atomic mass is 10.3. The number of thioether (sulfide) groups is 1. The second-order valence-electron chi connectivity index (χ2n) is 4.67. The molecule has 3 aromatic rings. The Bertz CT molecular complexity index is 803. The van der Waals surface area contributed by atoms with Crippen molar-refractivity contribution in [1.29, 1.82) is 0 Å². The predicted molar refractivity (Wildman–Crippen MR) is 88.4 cm³/mol. The number of carbonyl (C=O) groups is 1. The number of rotatable bonds is 4. The number of nitrogens with one attached hydrogen (secondary N) is 1. The van der Waals surface area contributed by atoms with Gasteiger partial charge < -0.3 is 5.32 Å². The van der Waals surface area contributed by atoms with Crippen molar-refractivity contribution in [1.82, 2.24) is 14.6 Å². The van der Waals surface area contributed by atoms with Crippen LogP contribution in [0.25, 0.3) is 5.65 Å². The summed E-state index contributed by atoms with van der Waals surface area (Å²) in [6, 6.07) is 12.7. The van der Waals surface area contributed by atoms with Gasteiger partial charge >= 0.3 is 0 Å². The van der Waals surface area contributed by atoms with Crippen molar-refractivity contribution in [3.63, 3.8) is 0 Å². The minimum absolute atomic E-state index is 0.0972. The maximum Gasteiger partial charge on any atom is 0.237 e. The average Bonchev–Trinajstić information content (AvgIpc) is 2.93. The molecule has 0 spiro atoms. The SMILES string of the molecule is CC(Sc1nnc2ccccn12)C(=O)Nc1ccc(Cl)cc1. The maximum atomic E-state index is 12.2. The van der Waals surface area contributed by atoms with Gasteiger partial charge in [-0.1, -0.05) is 29.4 Å². The van der Waals surface area contributed by atoms with Crippen LogP contribution in [0.3, 0.4) is 0 Å². The average molecular weight is 333 g/mol. The molecule has 2 aromatic heterocycles. The molecule has 0 saturated carbocycles. The summed E-state index contributed by atoms with van der Waals surface area (Å²) < 4.78 is 1.86. The van der Waals surface area contributed by atoms with E-state index in [1.165, 1.54) is 11.8 Å². The van der Waals surface area contributed by atoms with Crippen LogP contribution in [-0.4, -0.2) is 25.8 Å². The van der Waals surface area contributed by atoms with Crippen LogP contribution in [0.5, 0.6) is 0 Å². The zero-order chi connectivity index (χ0) is 15.5. The van der Waals surface area contributed by atoms with Gasteiger partial charge in [-0.15, -0.1) is 10.2 Å². The van der Waals surface area contributed by atoms with E-state index in [9.17, 15) is 4.79 Å². The minimum atomic E-state index is -0.303. The minimum Gasteiger partial charge on any atom is -0.325 e. The second-order valence-corrected chi connectivity index (χ2v) is 6.41. The molecule has 1 unspecified atom stereocenters. The molecule has 1 aromatic carbocycles. The van der Waals surface area contributed by atoms with E-state index < -0.39 is 0 Å². The second kappa shape index (κ2) is 6.37. The highest BCUT2D eigenvalue weighted by atomic mass is 35.5. The number of fused-ring (bicyclic) bond motifs is 1. The first-order valence-corrected chi connectivity index (χ1v) is 7.92. The molecular weight excluding hydrogens is 320 g/mol. The molecule has 1 amide bonds. The highest BCUT2D eigenvalue weighted by Crippen LogP contribution is 2.23. The molecule has 0 saturated heterocycles. The zero-order valence-corrected chi connectivity index (χ0v) is 13.3. The summed E-state index contributed by atoms with van der Waals surface area (Å²) in [5.41, 5.74) is 1.48. The fraction of sp³-hybridized carbons (Fsp3) is 0.133. The normalized spacial score (nSPS) is 12.3. The van der Waals surface area contributed by atoms with Crippen molar-refractivity contribution < 1.29 is 4.79 Å². The Labute approximate surface area is 136 Å². The zero-order valence-electron chi connectivity index (χ0n) is 11.7. The van der Waals surface area contributed by atoms with Crippen LogP contribution in [0.15, 0.2) is 53.8 Å². The molecule has 22 heavy (non-hydrogen) atoms. The molecule has 7 heteroatoms. The highest BCUT2D eigenvalue weighted by Gasteiger charge is 2.17. The molecule has 0 aliphatic rings. The van der Waals surface area contributed by atoms with Crippen LogP contribution in [0.2, 0.25) is 5.02 Å². The van der Waals surface area contributed by atoms with Crippen LogP contribution in [0, 0.1) is 0 Å². The van der Waals surface area contributed by atoms with Gasteiger partial charge in [-0.2, -0.15) is 0 Å². The van der Waals surface area contributed by atoms with Gasteiger partial charge in [-0.05, 0) is 43.3 Å². The van der Waals surface area contributed by atoms with Crippen LogP contribution in [-0.2, 0) is 4.79 Å². The molecular formula is C15H13ClN4OS. The predicted octanol–water partition coefficient (Wildman–Crippen LogP) is 3.50. The van der Waals surface area contributed by atoms with Gasteiger partial charge in [0.1, 0.15) is 0 Å². The first-order valence-electron chi connectivity index (χ1n) is 6.66. The smallest absolute Gasteiger partial charge is 0.237 e. The molecule has 1 N–H and O–H groups in total. The number of benzene rings is 1. The maximum absolute atomic E-state index is 12.2. The van der Waals surface area contributed by atoms with E-state index in [0.29, 0.717) is 15.9 Å². The van der Waals surface area contributed by atoms with Gasteiger partial charge in [-0.3, -0.25) is 9.20 Å². The van der Waals surface area contributed by atoms with Crippen LogP contribution >= 0.6 is 23.4 Å². The monoisotopic (exact) mass is 332 g/mol. The molecule has 0 aliphatic heterocycles. The van der Waals surface area contributed by atoms with Crippen molar-refractivity contribution >= 4 is 40.6 Å². The Morgan fingerprint density at radius 2 is 2.00 bits per heavy atom. The van der Waals surface area contributed by atoms with E-state index in [4.69, 9.17) is 11.6 Å². The molecule has 3 rings (SSSR count). The summed E-state index contributed by atoms with van der Waals surface area (Å²) in [6.07, 6.45) is 1.88. The van der Waals surface area contributed by atoms with Gasteiger partial charge in [0, 0.05) is 16.9 Å². The third-order valence-corrected chi connectivity index (χ3v) is 4.35. The van der Waals surface area contributed by atoms with Crippen molar-refractivity contribution in [2.24, 2.45) is 0 Å². The van der Waals surface area contributed by atoms with E-state index in [1.54, 1.807) is 24.3 Å². The molecule has 112 valence electrons. The lowest BCUT2D eigenvalue weighted by Crippen LogP contribution is -2.22. The number of halogens is 1. The molecule has 1 atom stereocenters. The quantitative estimate of drug-likeness (QED) is 0.743. The van der Waals surface area contributed by atoms with Crippen molar-refractivity contribution in [3.05, 3.63) is 53.7 Å². The van der Waals surface area contributed by atoms with Crippen LogP contribution < -0.4 is 5.32 Å². The number of hydrogen-bond donors (Lipinski definition) is 1. The van der Waals surface area contributed by atoms with E-state index in [2.05, 4.69) is 15.5 Å². The summed E-state index contributed by atoms with van der Waals surface area (Å²) in [4.78, 5) is 12.2. The summed E-state index contributed by atoms with van der Waals surface area (Å²) in [5, 5.41) is 12.1. The Balaban J connectivity index is 1.69. The summed E-state index contributed by atoms with van der Waals surface area (Å²) >= 11 is 7.19. The third kappa shape index (κ3) is 3.23. The van der Waals surface area contributed by atoms with Crippen LogP contribution in [0.4, 0.5) is 5.69 Å². The number of nitrogens with zero attached hydrogens (tertiary/aromatic N) is 3.